The normalized spacial score (nSPS) is 12.9. The third kappa shape index (κ3) is 3.92. The Balaban J connectivity index is 2.58. The number of allylic oxidation sites excluding steroid dienone is 5. The van der Waals surface area contributed by atoms with Crippen molar-refractivity contribution < 1.29 is 29.4 Å². The maximum Gasteiger partial charge on any atom is 0.307 e. The molecule has 8 heteroatoms. The minimum Gasteiger partial charge on any atom is -0.612 e. The van der Waals surface area contributed by atoms with Crippen LogP contribution < -0.4 is 9.47 Å². The summed E-state index contributed by atoms with van der Waals surface area (Å²) in [5.74, 6) is -0.642. The molecule has 2 rings (SSSR count). The van der Waals surface area contributed by atoms with Gasteiger partial charge in [-0.25, -0.2) is 0 Å². The second-order valence-electron chi connectivity index (χ2n) is 5.09. The van der Waals surface area contributed by atoms with Gasteiger partial charge in [-0.1, -0.05) is 0 Å². The first-order valence-corrected chi connectivity index (χ1v) is 7.15. The average Bonchev–Trinajstić information content (AvgIpc) is 2.60. The lowest BCUT2D eigenvalue weighted by atomic mass is 9.97. The van der Waals surface area contributed by atoms with Crippen LogP contribution in [0.3, 0.4) is 0 Å². The van der Waals surface area contributed by atoms with Crippen LogP contribution in [0.1, 0.15) is 11.1 Å². The molecular weight excluding hydrogens is 330 g/mol. The van der Waals surface area contributed by atoms with E-state index in [-0.39, 0.29) is 23.5 Å². The molecule has 8 nitrogen and oxygen atoms in total. The molecule has 0 aliphatic heterocycles. The van der Waals surface area contributed by atoms with Gasteiger partial charge in [-0.2, -0.15) is 4.90 Å². The number of carbonyl (C=O) groups is 1. The van der Waals surface area contributed by atoms with Crippen LogP contribution in [0, 0.1) is 10.4 Å². The van der Waals surface area contributed by atoms with Crippen molar-refractivity contribution >= 4 is 17.4 Å². The Morgan fingerprint density at radius 3 is 2.08 bits per heavy atom. The Kier molecular flexibility index (Phi) is 5.33. The molecule has 0 atom stereocenters. The van der Waals surface area contributed by atoms with Gasteiger partial charge in [-0.05, 0) is 29.8 Å². The third-order valence-electron chi connectivity index (χ3n) is 3.56. The summed E-state index contributed by atoms with van der Waals surface area (Å²) in [6, 6.07) is 2.94. The number of aliphatic carboxylic acids is 1. The fourth-order valence-corrected chi connectivity index (χ4v) is 2.35. The van der Waals surface area contributed by atoms with Crippen LogP contribution in [0.4, 0.5) is 0 Å². The fourth-order valence-electron chi connectivity index (χ4n) is 2.35. The molecule has 0 radical (unpaired) electrons. The molecule has 0 amide bonds. The van der Waals surface area contributed by atoms with E-state index < -0.39 is 10.9 Å². The number of benzene rings is 1. The minimum absolute atomic E-state index is 0.116. The highest BCUT2D eigenvalue weighted by atomic mass is 16.8. The standard InChI is InChI=1S/C17H16NO7/c1-24-14-7-11(8-16(19)20)13(9-15(14)25-2)17(21)10-3-5-12(6-4-10)18(22)23/h3-7,9H,8H2,1-2H3,(H2-,19,20,21,22,23)/q-1. The number of carboxylic acids is 1. The number of aliphatic hydroxyl groups excluding tert-OH is 1. The molecule has 1 aromatic carbocycles. The quantitative estimate of drug-likeness (QED) is 0.475. The molecule has 2 N–H and O–H groups in total. The van der Waals surface area contributed by atoms with Gasteiger partial charge in [0.15, 0.2) is 11.5 Å². The van der Waals surface area contributed by atoms with Gasteiger partial charge in [0.1, 0.15) is 5.76 Å². The van der Waals surface area contributed by atoms with Crippen LogP contribution in [0.2, 0.25) is 0 Å². The van der Waals surface area contributed by atoms with Gasteiger partial charge in [0.25, 0.3) is 0 Å². The maximum absolute atomic E-state index is 11.1. The molecule has 0 heterocycles. The third-order valence-corrected chi connectivity index (χ3v) is 3.56. The minimum atomic E-state index is -1.08. The number of hydrogen-bond acceptors (Lipinski definition) is 6. The molecule has 0 spiro atoms. The lowest BCUT2D eigenvalue weighted by Crippen LogP contribution is -2.08. The first-order valence-electron chi connectivity index (χ1n) is 7.15. The molecule has 1 aliphatic carbocycles. The van der Waals surface area contributed by atoms with E-state index in [9.17, 15) is 20.3 Å². The van der Waals surface area contributed by atoms with Gasteiger partial charge in [0.2, 0.25) is 5.71 Å². The van der Waals surface area contributed by atoms with Crippen LogP contribution >= 0.6 is 0 Å². The highest BCUT2D eigenvalue weighted by Gasteiger charge is 2.18. The SMILES string of the molecule is COc1cc(CC(=O)O)c(C(O)=C2C=CC(=[N+]([O-])[O-])C=C2)cc1OC. The zero-order chi connectivity index (χ0) is 18.6. The summed E-state index contributed by atoms with van der Waals surface area (Å²) in [6.07, 6.45) is 4.93. The molecule has 1 aromatic rings. The number of ether oxygens (including phenoxy) is 2. The van der Waals surface area contributed by atoms with Gasteiger partial charge in [-0.3, -0.25) is 4.79 Å². The topological polar surface area (TPSA) is 125 Å². The summed E-state index contributed by atoms with van der Waals surface area (Å²) in [5.41, 5.74) is 0.758. The van der Waals surface area contributed by atoms with Crippen LogP contribution in [0.5, 0.6) is 11.5 Å². The number of methoxy groups -OCH3 is 2. The van der Waals surface area contributed by atoms with Crippen molar-refractivity contribution in [2.45, 2.75) is 6.42 Å². The Morgan fingerprint density at radius 1 is 1.04 bits per heavy atom. The van der Waals surface area contributed by atoms with Crippen molar-refractivity contribution in [3.05, 3.63) is 63.6 Å². The number of hydrogen-bond donors (Lipinski definition) is 2. The van der Waals surface area contributed by atoms with Crippen molar-refractivity contribution in [1.82, 2.24) is 0 Å². The van der Waals surface area contributed by atoms with E-state index in [4.69, 9.17) is 14.6 Å². The summed E-state index contributed by atoms with van der Waals surface area (Å²) in [4.78, 5) is 10.6. The molecule has 0 fully saturated rings. The van der Waals surface area contributed by atoms with Crippen LogP contribution in [-0.2, 0) is 11.2 Å². The monoisotopic (exact) mass is 346 g/mol. The molecule has 0 saturated heterocycles. The molecule has 0 saturated carbocycles. The number of aliphatic hydroxyl groups is 1. The first-order chi connectivity index (χ1) is 11.9. The first kappa shape index (κ1) is 17.9. The zero-order valence-corrected chi connectivity index (χ0v) is 13.6. The Labute approximate surface area is 143 Å². The highest BCUT2D eigenvalue weighted by molar-refractivity contribution is 6.03. The molecule has 0 aromatic heterocycles. The summed E-state index contributed by atoms with van der Waals surface area (Å²) < 4.78 is 10.3. The Hall–Kier alpha value is -3.42. The van der Waals surface area contributed by atoms with E-state index in [1.807, 2.05) is 0 Å². The number of nitrogens with zero attached hydrogens (tertiary/aromatic N) is 1. The van der Waals surface area contributed by atoms with Crippen molar-refractivity contribution in [2.24, 2.45) is 0 Å². The van der Waals surface area contributed by atoms with Crippen molar-refractivity contribution in [1.29, 1.82) is 0 Å². The molecular formula is C17H16NO7-. The van der Waals surface area contributed by atoms with Gasteiger partial charge in [-0.15, -0.1) is 0 Å². The molecule has 25 heavy (non-hydrogen) atoms. The van der Waals surface area contributed by atoms with Crippen LogP contribution in [0.25, 0.3) is 5.76 Å². The average molecular weight is 346 g/mol. The van der Waals surface area contributed by atoms with Crippen LogP contribution in [-0.4, -0.2) is 41.0 Å². The molecule has 132 valence electrons. The van der Waals surface area contributed by atoms with E-state index in [1.54, 1.807) is 0 Å². The van der Waals surface area contributed by atoms with Crippen molar-refractivity contribution in [3.63, 3.8) is 0 Å². The lowest BCUT2D eigenvalue weighted by Gasteiger charge is -2.15. The largest absolute Gasteiger partial charge is 0.612 e. The summed E-state index contributed by atoms with van der Waals surface area (Å²) >= 11 is 0. The maximum atomic E-state index is 11.1. The summed E-state index contributed by atoms with van der Waals surface area (Å²) in [5, 5.41) is 41.1. The second-order valence-corrected chi connectivity index (χ2v) is 5.09. The molecule has 0 bridgehead atoms. The smallest absolute Gasteiger partial charge is 0.307 e. The number of rotatable bonds is 5. The van der Waals surface area contributed by atoms with Crippen molar-refractivity contribution in [2.75, 3.05) is 14.2 Å². The summed E-state index contributed by atoms with van der Waals surface area (Å²) in [6.45, 7) is 0. The summed E-state index contributed by atoms with van der Waals surface area (Å²) in [7, 11) is 2.84. The Morgan fingerprint density at radius 2 is 1.60 bits per heavy atom. The fraction of sp³-hybridized carbons (Fsp3) is 0.176. The number of carboxylic acid groups (broad SMARTS) is 1. The predicted octanol–water partition coefficient (Wildman–Crippen LogP) is 2.18. The predicted molar refractivity (Wildman–Crippen MR) is 90.7 cm³/mol. The van der Waals surface area contributed by atoms with Gasteiger partial charge in [0, 0.05) is 23.3 Å². The van der Waals surface area contributed by atoms with Gasteiger partial charge >= 0.3 is 5.97 Å². The van der Waals surface area contributed by atoms with Crippen LogP contribution in [0.15, 0.2) is 42.0 Å². The van der Waals surface area contributed by atoms with E-state index in [0.29, 0.717) is 22.6 Å². The van der Waals surface area contributed by atoms with E-state index in [2.05, 4.69) is 0 Å². The zero-order valence-electron chi connectivity index (χ0n) is 13.6. The Bertz CT molecular complexity index is 797. The highest BCUT2D eigenvalue weighted by Crippen LogP contribution is 2.34. The molecule has 0 unspecified atom stereocenters. The lowest BCUT2D eigenvalue weighted by molar-refractivity contribution is -0.377. The van der Waals surface area contributed by atoms with E-state index in [1.165, 1.54) is 50.7 Å². The second kappa shape index (κ2) is 7.43. The van der Waals surface area contributed by atoms with Gasteiger partial charge in [0.05, 0.1) is 20.6 Å². The van der Waals surface area contributed by atoms with E-state index >= 15 is 0 Å². The molecule has 1 aliphatic rings. The van der Waals surface area contributed by atoms with Gasteiger partial charge < -0.3 is 30.1 Å². The van der Waals surface area contributed by atoms with E-state index in [0.717, 1.165) is 0 Å². The van der Waals surface area contributed by atoms with Crippen molar-refractivity contribution in [3.8, 4) is 11.5 Å².